The molecule has 1 aromatic carbocycles. The molecule has 1 atom stereocenters. The van der Waals surface area contributed by atoms with Gasteiger partial charge in [-0.3, -0.25) is 14.5 Å². The van der Waals surface area contributed by atoms with Gasteiger partial charge in [0.05, 0.1) is 16.8 Å². The third-order valence-corrected chi connectivity index (χ3v) is 3.88. The number of carbonyl (C=O) groups is 2. The number of amides is 2. The quantitative estimate of drug-likeness (QED) is 0.729. The Morgan fingerprint density at radius 1 is 1.48 bits per heavy atom. The number of nitrogens with two attached hydrogens (primary N) is 1. The fourth-order valence-corrected chi connectivity index (χ4v) is 2.32. The average Bonchev–Trinajstić information content (AvgIpc) is 2.67. The highest BCUT2D eigenvalue weighted by Crippen LogP contribution is 2.22. The van der Waals surface area contributed by atoms with Gasteiger partial charge in [-0.1, -0.05) is 11.6 Å². The van der Waals surface area contributed by atoms with Crippen LogP contribution in [0.2, 0.25) is 5.02 Å². The smallest absolute Gasteiger partial charge is 0.241 e. The van der Waals surface area contributed by atoms with Crippen molar-refractivity contribution in [2.75, 3.05) is 30.7 Å². The van der Waals surface area contributed by atoms with Crippen molar-refractivity contribution in [3.63, 3.8) is 0 Å². The zero-order valence-electron chi connectivity index (χ0n) is 11.9. The summed E-state index contributed by atoms with van der Waals surface area (Å²) >= 11 is 5.85. The molecular formula is C14H19ClN4O2. The highest BCUT2D eigenvalue weighted by molar-refractivity contribution is 6.33. The number of carbonyl (C=O) groups excluding carboxylic acids is 2. The predicted octanol–water partition coefficient (Wildman–Crippen LogP) is 1.07. The van der Waals surface area contributed by atoms with E-state index in [2.05, 4.69) is 10.6 Å². The highest BCUT2D eigenvalue weighted by Gasteiger charge is 2.23. The number of benzene rings is 1. The summed E-state index contributed by atoms with van der Waals surface area (Å²) in [5.41, 5.74) is 6.74. The fraction of sp³-hybridized carbons (Fsp3) is 0.429. The minimum Gasteiger partial charge on any atom is -0.397 e. The van der Waals surface area contributed by atoms with Crippen molar-refractivity contribution >= 4 is 34.8 Å². The molecule has 1 aromatic rings. The van der Waals surface area contributed by atoms with E-state index in [1.54, 1.807) is 18.2 Å². The van der Waals surface area contributed by atoms with Crippen LogP contribution in [0.4, 0.5) is 11.4 Å². The monoisotopic (exact) mass is 310 g/mol. The number of rotatable bonds is 3. The van der Waals surface area contributed by atoms with Gasteiger partial charge in [-0.25, -0.2) is 0 Å². The van der Waals surface area contributed by atoms with Gasteiger partial charge in [0.25, 0.3) is 0 Å². The van der Waals surface area contributed by atoms with Crippen LogP contribution in [0.25, 0.3) is 0 Å². The van der Waals surface area contributed by atoms with Crippen LogP contribution in [0.3, 0.4) is 0 Å². The van der Waals surface area contributed by atoms with E-state index in [0.717, 1.165) is 0 Å². The second-order valence-electron chi connectivity index (χ2n) is 5.04. The third kappa shape index (κ3) is 4.09. The lowest BCUT2D eigenvalue weighted by Gasteiger charge is -2.26. The van der Waals surface area contributed by atoms with Crippen LogP contribution in [0.15, 0.2) is 18.2 Å². The summed E-state index contributed by atoms with van der Waals surface area (Å²) in [5.74, 6) is -0.110. The van der Waals surface area contributed by atoms with Crippen LogP contribution in [0, 0.1) is 0 Å². The molecule has 1 unspecified atom stereocenters. The molecule has 21 heavy (non-hydrogen) atoms. The zero-order valence-corrected chi connectivity index (χ0v) is 12.6. The van der Waals surface area contributed by atoms with Crippen molar-refractivity contribution in [1.29, 1.82) is 0 Å². The number of anilines is 2. The van der Waals surface area contributed by atoms with Crippen LogP contribution in [0.1, 0.15) is 13.3 Å². The zero-order chi connectivity index (χ0) is 15.4. The Balaban J connectivity index is 1.98. The second-order valence-corrected chi connectivity index (χ2v) is 5.44. The molecule has 0 bridgehead atoms. The minimum absolute atomic E-state index is 0.0237. The molecule has 1 heterocycles. The molecule has 0 aliphatic carbocycles. The van der Waals surface area contributed by atoms with Crippen LogP contribution >= 0.6 is 11.6 Å². The lowest BCUT2D eigenvalue weighted by atomic mass is 10.2. The van der Waals surface area contributed by atoms with Gasteiger partial charge in [-0.05, 0) is 25.1 Å². The van der Waals surface area contributed by atoms with Gasteiger partial charge < -0.3 is 16.4 Å². The van der Waals surface area contributed by atoms with Crippen molar-refractivity contribution in [2.24, 2.45) is 0 Å². The topological polar surface area (TPSA) is 87.5 Å². The number of nitrogens with one attached hydrogen (secondary N) is 2. The molecule has 4 N–H and O–H groups in total. The fourth-order valence-electron chi connectivity index (χ4n) is 2.21. The van der Waals surface area contributed by atoms with Crippen LogP contribution < -0.4 is 16.4 Å². The van der Waals surface area contributed by atoms with Crippen LogP contribution in [-0.4, -0.2) is 42.4 Å². The van der Waals surface area contributed by atoms with Gasteiger partial charge in [0.15, 0.2) is 0 Å². The lowest BCUT2D eigenvalue weighted by molar-refractivity contribution is -0.122. The van der Waals surface area contributed by atoms with Crippen molar-refractivity contribution in [2.45, 2.75) is 19.4 Å². The van der Waals surface area contributed by atoms with E-state index in [1.807, 2.05) is 11.8 Å². The molecule has 7 heteroatoms. The Bertz CT molecular complexity index is 550. The van der Waals surface area contributed by atoms with E-state index in [9.17, 15) is 9.59 Å². The molecule has 0 radical (unpaired) electrons. The van der Waals surface area contributed by atoms with Gasteiger partial charge in [0.1, 0.15) is 0 Å². The molecule has 1 aliphatic rings. The van der Waals surface area contributed by atoms with Gasteiger partial charge in [-0.15, -0.1) is 0 Å². The highest BCUT2D eigenvalue weighted by atomic mass is 35.5. The van der Waals surface area contributed by atoms with E-state index in [1.165, 1.54) is 0 Å². The largest absolute Gasteiger partial charge is 0.397 e. The molecule has 114 valence electrons. The van der Waals surface area contributed by atoms with Crippen molar-refractivity contribution < 1.29 is 9.59 Å². The number of hydrogen-bond acceptors (Lipinski definition) is 4. The van der Waals surface area contributed by atoms with E-state index < -0.39 is 0 Å². The number of halogens is 1. The second kappa shape index (κ2) is 6.78. The van der Waals surface area contributed by atoms with Gasteiger partial charge in [0, 0.05) is 31.7 Å². The average molecular weight is 311 g/mol. The normalized spacial score (nSPS) is 17.7. The molecule has 0 spiro atoms. The van der Waals surface area contributed by atoms with Crippen molar-refractivity contribution in [1.82, 2.24) is 10.2 Å². The van der Waals surface area contributed by atoms with E-state index in [-0.39, 0.29) is 17.9 Å². The maximum absolute atomic E-state index is 12.3. The van der Waals surface area contributed by atoms with Crippen molar-refractivity contribution in [3.8, 4) is 0 Å². The maximum atomic E-state index is 12.3. The van der Waals surface area contributed by atoms with Crippen LogP contribution in [0.5, 0.6) is 0 Å². The summed E-state index contributed by atoms with van der Waals surface area (Å²) in [6.07, 6.45) is 0.408. The number of nitrogen functional groups attached to an aromatic ring is 1. The summed E-state index contributed by atoms with van der Waals surface area (Å²) in [7, 11) is 0. The molecule has 1 fully saturated rings. The molecule has 1 aliphatic heterocycles. The molecule has 6 nitrogen and oxygen atoms in total. The molecule has 0 saturated carbocycles. The first-order chi connectivity index (χ1) is 9.97. The van der Waals surface area contributed by atoms with Crippen molar-refractivity contribution in [3.05, 3.63) is 23.2 Å². The van der Waals surface area contributed by atoms with Gasteiger partial charge >= 0.3 is 0 Å². The Hall–Kier alpha value is -1.79. The molecular weight excluding hydrogens is 292 g/mol. The molecule has 1 saturated heterocycles. The summed E-state index contributed by atoms with van der Waals surface area (Å²) in [6.45, 7) is 3.61. The summed E-state index contributed by atoms with van der Waals surface area (Å²) in [4.78, 5) is 25.6. The Kier molecular flexibility index (Phi) is 5.03. The van der Waals surface area contributed by atoms with E-state index in [0.29, 0.717) is 42.5 Å². The number of nitrogens with zero attached hydrogens (tertiary/aromatic N) is 1. The first kappa shape index (κ1) is 15.6. The lowest BCUT2D eigenvalue weighted by Crippen LogP contribution is -2.43. The van der Waals surface area contributed by atoms with E-state index in [4.69, 9.17) is 17.3 Å². The summed E-state index contributed by atoms with van der Waals surface area (Å²) in [5, 5.41) is 6.06. The molecule has 0 aromatic heterocycles. The third-order valence-electron chi connectivity index (χ3n) is 3.54. The summed E-state index contributed by atoms with van der Waals surface area (Å²) < 4.78 is 0. The molecule has 2 rings (SSSR count). The minimum atomic E-state index is -0.324. The SMILES string of the molecule is CC(C(=O)Nc1ccc(Cl)c(N)c1)N1CCNC(=O)CC1. The van der Waals surface area contributed by atoms with E-state index >= 15 is 0 Å². The first-order valence-electron chi connectivity index (χ1n) is 6.84. The molecule has 2 amide bonds. The first-order valence-corrected chi connectivity index (χ1v) is 7.22. The predicted molar refractivity (Wildman–Crippen MR) is 83.2 cm³/mol. The Labute approximate surface area is 128 Å². The summed E-state index contributed by atoms with van der Waals surface area (Å²) in [6, 6.07) is 4.65. The Morgan fingerprint density at radius 3 is 2.95 bits per heavy atom. The standard InChI is InChI=1S/C14H19ClN4O2/c1-9(19-6-4-13(20)17-5-7-19)14(21)18-10-2-3-11(15)12(16)8-10/h2-3,8-9H,4-7,16H2,1H3,(H,17,20)(H,18,21). The Morgan fingerprint density at radius 2 is 2.24 bits per heavy atom. The number of hydrogen-bond donors (Lipinski definition) is 3. The van der Waals surface area contributed by atoms with Crippen LogP contribution in [-0.2, 0) is 9.59 Å². The van der Waals surface area contributed by atoms with Gasteiger partial charge in [-0.2, -0.15) is 0 Å². The van der Waals surface area contributed by atoms with Gasteiger partial charge in [0.2, 0.25) is 11.8 Å². The maximum Gasteiger partial charge on any atom is 0.241 e.